The van der Waals surface area contributed by atoms with Gasteiger partial charge in [-0.25, -0.2) is 0 Å². The fraction of sp³-hybridized carbons (Fsp3) is 0.333. The summed E-state index contributed by atoms with van der Waals surface area (Å²) in [6.07, 6.45) is 0.947. The Morgan fingerprint density at radius 3 is 3.00 bits per heavy atom. The highest BCUT2D eigenvalue weighted by Gasteiger charge is 2.29. The topological polar surface area (TPSA) is 53.5 Å². The van der Waals surface area contributed by atoms with Crippen LogP contribution in [-0.2, 0) is 4.79 Å². The fourth-order valence-corrected chi connectivity index (χ4v) is 1.86. The Morgan fingerprint density at radius 1 is 1.47 bits per heavy atom. The minimum atomic E-state index is -0.399. The van der Waals surface area contributed by atoms with Crippen LogP contribution in [0.5, 0.6) is 0 Å². The van der Waals surface area contributed by atoms with Crippen molar-refractivity contribution in [2.24, 2.45) is 4.99 Å². The summed E-state index contributed by atoms with van der Waals surface area (Å²) in [4.78, 5) is 16.0. The Balaban J connectivity index is 2.16. The predicted molar refractivity (Wildman–Crippen MR) is 68.1 cm³/mol. The van der Waals surface area contributed by atoms with Crippen LogP contribution in [-0.4, -0.2) is 18.4 Å². The number of amides is 1. The molecule has 5 heteroatoms. The summed E-state index contributed by atoms with van der Waals surface area (Å²) in [5.74, 6) is 0.448. The molecular formula is C12H14ClN3O. The molecule has 1 heterocycles. The van der Waals surface area contributed by atoms with E-state index in [0.29, 0.717) is 17.5 Å². The maximum absolute atomic E-state index is 11.8. The highest BCUT2D eigenvalue weighted by Crippen LogP contribution is 2.20. The molecule has 1 fully saturated rings. The van der Waals surface area contributed by atoms with E-state index in [4.69, 9.17) is 11.6 Å². The molecule has 1 aliphatic heterocycles. The van der Waals surface area contributed by atoms with Gasteiger partial charge >= 0.3 is 0 Å². The van der Waals surface area contributed by atoms with Crippen molar-refractivity contribution in [3.8, 4) is 0 Å². The normalized spacial score (nSPS) is 21.4. The lowest BCUT2D eigenvalue weighted by molar-refractivity contribution is -0.120. The molecule has 0 radical (unpaired) electrons. The van der Waals surface area contributed by atoms with E-state index in [9.17, 15) is 4.79 Å². The Bertz CT molecular complexity index is 459. The molecule has 1 saturated heterocycles. The lowest BCUT2D eigenvalue weighted by atomic mass is 10.1. The molecule has 1 aliphatic rings. The maximum atomic E-state index is 11.8. The molecule has 1 amide bonds. The van der Waals surface area contributed by atoms with Gasteiger partial charge in [0.15, 0.2) is 5.96 Å². The van der Waals surface area contributed by atoms with Gasteiger partial charge in [0.25, 0.3) is 5.91 Å². The summed E-state index contributed by atoms with van der Waals surface area (Å²) in [5.41, 5.74) is 0.844. The molecule has 0 aromatic heterocycles. The van der Waals surface area contributed by atoms with E-state index < -0.39 is 6.04 Å². The third kappa shape index (κ3) is 2.77. The van der Waals surface area contributed by atoms with Crippen LogP contribution in [0, 0.1) is 0 Å². The number of hydrogen-bond acceptors (Lipinski definition) is 2. The van der Waals surface area contributed by atoms with Crippen molar-refractivity contribution >= 4 is 23.5 Å². The van der Waals surface area contributed by atoms with Gasteiger partial charge in [0, 0.05) is 11.6 Å². The van der Waals surface area contributed by atoms with Gasteiger partial charge in [0.2, 0.25) is 0 Å². The van der Waals surface area contributed by atoms with E-state index in [1.165, 1.54) is 0 Å². The van der Waals surface area contributed by atoms with E-state index in [1.54, 1.807) is 12.1 Å². The van der Waals surface area contributed by atoms with Gasteiger partial charge in [-0.15, -0.1) is 0 Å². The molecule has 17 heavy (non-hydrogen) atoms. The lowest BCUT2D eigenvalue weighted by Crippen LogP contribution is -2.25. The molecular weight excluding hydrogens is 238 g/mol. The molecule has 90 valence electrons. The number of nitrogens with zero attached hydrogens (tertiary/aromatic N) is 1. The molecule has 0 saturated carbocycles. The van der Waals surface area contributed by atoms with E-state index in [-0.39, 0.29) is 5.91 Å². The van der Waals surface area contributed by atoms with Crippen LogP contribution in [0.3, 0.4) is 0 Å². The number of rotatable bonds is 3. The van der Waals surface area contributed by atoms with Crippen molar-refractivity contribution in [2.45, 2.75) is 19.4 Å². The highest BCUT2D eigenvalue weighted by atomic mass is 35.5. The van der Waals surface area contributed by atoms with E-state index in [2.05, 4.69) is 15.6 Å². The molecule has 0 bridgehead atoms. The molecule has 1 unspecified atom stereocenters. The van der Waals surface area contributed by atoms with Crippen molar-refractivity contribution in [2.75, 3.05) is 6.54 Å². The van der Waals surface area contributed by atoms with Crippen LogP contribution in [0.15, 0.2) is 29.3 Å². The van der Waals surface area contributed by atoms with Crippen LogP contribution < -0.4 is 10.6 Å². The molecule has 1 atom stereocenters. The molecule has 4 nitrogen and oxygen atoms in total. The highest BCUT2D eigenvalue weighted by molar-refractivity contribution is 6.30. The van der Waals surface area contributed by atoms with Crippen LogP contribution in [0.25, 0.3) is 0 Å². The molecule has 0 aliphatic carbocycles. The first kappa shape index (κ1) is 11.9. The standard InChI is InChI=1S/C12H14ClN3O/c1-2-6-14-12-15-10(11(17)16-12)8-4-3-5-9(13)7-8/h3-5,7,10H,2,6H2,1H3,(H2,14,15,16,17). The third-order valence-corrected chi connectivity index (χ3v) is 2.70. The minimum Gasteiger partial charge on any atom is -0.340 e. The number of halogens is 1. The van der Waals surface area contributed by atoms with Gasteiger partial charge in [-0.1, -0.05) is 30.7 Å². The van der Waals surface area contributed by atoms with Gasteiger partial charge in [0.05, 0.1) is 0 Å². The second kappa shape index (κ2) is 5.19. The zero-order valence-corrected chi connectivity index (χ0v) is 10.3. The van der Waals surface area contributed by atoms with E-state index >= 15 is 0 Å². The number of benzene rings is 1. The molecule has 1 aromatic carbocycles. The summed E-state index contributed by atoms with van der Waals surface area (Å²) in [6, 6.07) is 6.86. The third-order valence-electron chi connectivity index (χ3n) is 2.46. The quantitative estimate of drug-likeness (QED) is 0.862. The summed E-state index contributed by atoms with van der Waals surface area (Å²) in [5, 5.41) is 6.38. The summed E-state index contributed by atoms with van der Waals surface area (Å²) < 4.78 is 0. The Kier molecular flexibility index (Phi) is 3.64. The van der Waals surface area contributed by atoms with Crippen molar-refractivity contribution in [3.63, 3.8) is 0 Å². The summed E-state index contributed by atoms with van der Waals surface area (Å²) >= 11 is 5.90. The van der Waals surface area contributed by atoms with Gasteiger partial charge in [-0.3, -0.25) is 15.1 Å². The van der Waals surface area contributed by atoms with E-state index in [0.717, 1.165) is 12.0 Å². The zero-order valence-electron chi connectivity index (χ0n) is 9.53. The van der Waals surface area contributed by atoms with Crippen LogP contribution in [0.2, 0.25) is 5.02 Å². The number of hydrogen-bond donors (Lipinski definition) is 2. The van der Waals surface area contributed by atoms with E-state index in [1.807, 2.05) is 19.1 Å². The molecule has 2 N–H and O–H groups in total. The zero-order chi connectivity index (χ0) is 12.3. The first-order valence-corrected chi connectivity index (χ1v) is 5.96. The number of aliphatic imine (C=N–C) groups is 1. The number of carbonyl (C=O) groups excluding carboxylic acids is 1. The average Bonchev–Trinajstić information content (AvgIpc) is 2.68. The largest absolute Gasteiger partial charge is 0.340 e. The Labute approximate surface area is 105 Å². The molecule has 2 rings (SSSR count). The van der Waals surface area contributed by atoms with Gasteiger partial charge < -0.3 is 5.32 Å². The predicted octanol–water partition coefficient (Wildman–Crippen LogP) is 1.87. The van der Waals surface area contributed by atoms with Crippen LogP contribution in [0.4, 0.5) is 0 Å². The van der Waals surface area contributed by atoms with Crippen molar-refractivity contribution in [3.05, 3.63) is 34.9 Å². The first-order chi connectivity index (χ1) is 8.20. The van der Waals surface area contributed by atoms with Crippen LogP contribution in [0.1, 0.15) is 24.9 Å². The Hall–Kier alpha value is -1.55. The smallest absolute Gasteiger partial charge is 0.253 e. The van der Waals surface area contributed by atoms with Crippen LogP contribution >= 0.6 is 11.6 Å². The first-order valence-electron chi connectivity index (χ1n) is 5.58. The summed E-state index contributed by atoms with van der Waals surface area (Å²) in [7, 11) is 0. The minimum absolute atomic E-state index is 0.0953. The monoisotopic (exact) mass is 251 g/mol. The SMILES string of the molecule is CCCN=C1NC(=O)C(c2cccc(Cl)c2)N1. The van der Waals surface area contributed by atoms with Crippen molar-refractivity contribution in [1.82, 2.24) is 10.6 Å². The second-order valence-electron chi connectivity index (χ2n) is 3.85. The molecule has 1 aromatic rings. The number of nitrogens with one attached hydrogen (secondary N) is 2. The van der Waals surface area contributed by atoms with Gasteiger partial charge in [-0.2, -0.15) is 0 Å². The maximum Gasteiger partial charge on any atom is 0.253 e. The summed E-state index contributed by atoms with van der Waals surface area (Å²) in [6.45, 7) is 2.74. The van der Waals surface area contributed by atoms with Gasteiger partial charge in [0.1, 0.15) is 6.04 Å². The Morgan fingerprint density at radius 2 is 2.29 bits per heavy atom. The number of guanidine groups is 1. The lowest BCUT2D eigenvalue weighted by Gasteiger charge is -2.07. The molecule has 0 spiro atoms. The van der Waals surface area contributed by atoms with Crippen molar-refractivity contribution < 1.29 is 4.79 Å². The number of carbonyl (C=O) groups is 1. The van der Waals surface area contributed by atoms with Crippen molar-refractivity contribution in [1.29, 1.82) is 0 Å². The van der Waals surface area contributed by atoms with Gasteiger partial charge in [-0.05, 0) is 24.1 Å². The average molecular weight is 252 g/mol. The second-order valence-corrected chi connectivity index (χ2v) is 4.29. The fourth-order valence-electron chi connectivity index (χ4n) is 1.66.